The summed E-state index contributed by atoms with van der Waals surface area (Å²) >= 11 is 0. The van der Waals surface area contributed by atoms with Gasteiger partial charge in [0.15, 0.2) is 0 Å². The maximum atomic E-state index is 14.5. The number of hydrogen-bond donors (Lipinski definition) is 0. The summed E-state index contributed by atoms with van der Waals surface area (Å²) in [6.07, 6.45) is -1.78. The van der Waals surface area contributed by atoms with Gasteiger partial charge in [0.1, 0.15) is 17.4 Å². The SMILES string of the molecule is C=CCCCOC(=O)[C@H]1CC(c2c(F)cccc2F)=N[C@H]1c1ccc(-c2ccc(OC(F)(F)F)cc2)cc1. The summed E-state index contributed by atoms with van der Waals surface area (Å²) in [4.78, 5) is 17.5. The van der Waals surface area contributed by atoms with Gasteiger partial charge in [-0.15, -0.1) is 19.8 Å². The van der Waals surface area contributed by atoms with Crippen molar-refractivity contribution in [1.29, 1.82) is 0 Å². The van der Waals surface area contributed by atoms with Crippen molar-refractivity contribution in [3.05, 3.63) is 102 Å². The fourth-order valence-corrected chi connectivity index (χ4v) is 4.32. The first-order valence-corrected chi connectivity index (χ1v) is 11.9. The van der Waals surface area contributed by atoms with Crippen LogP contribution in [-0.4, -0.2) is 24.7 Å². The average Bonchev–Trinajstić information content (AvgIpc) is 3.31. The first-order valence-electron chi connectivity index (χ1n) is 11.9. The fraction of sp³-hybridized carbons (Fsp3) is 0.241. The van der Waals surface area contributed by atoms with Crippen LogP contribution >= 0.6 is 0 Å². The minimum Gasteiger partial charge on any atom is -0.465 e. The Kier molecular flexibility index (Phi) is 8.24. The second kappa shape index (κ2) is 11.6. The summed E-state index contributed by atoms with van der Waals surface area (Å²) in [5.74, 6) is -3.16. The van der Waals surface area contributed by atoms with E-state index in [0.29, 0.717) is 29.5 Å². The molecule has 1 heterocycles. The van der Waals surface area contributed by atoms with E-state index in [0.717, 1.165) is 12.1 Å². The van der Waals surface area contributed by atoms with E-state index in [9.17, 15) is 26.7 Å². The molecule has 0 aromatic heterocycles. The molecule has 0 spiro atoms. The van der Waals surface area contributed by atoms with E-state index in [1.54, 1.807) is 30.3 Å². The molecule has 0 amide bonds. The molecular formula is C29H24F5NO3. The highest BCUT2D eigenvalue weighted by molar-refractivity contribution is 6.04. The Balaban J connectivity index is 1.59. The molecule has 38 heavy (non-hydrogen) atoms. The number of rotatable bonds is 9. The lowest BCUT2D eigenvalue weighted by atomic mass is 9.90. The Bertz CT molecular complexity index is 1300. The Morgan fingerprint density at radius 3 is 2.16 bits per heavy atom. The number of carbonyl (C=O) groups is 1. The van der Waals surface area contributed by atoms with E-state index in [2.05, 4.69) is 16.3 Å². The largest absolute Gasteiger partial charge is 0.573 e. The van der Waals surface area contributed by atoms with Crippen molar-refractivity contribution >= 4 is 11.7 Å². The Hall–Kier alpha value is -4.01. The number of carbonyl (C=O) groups excluding carboxylic acids is 1. The van der Waals surface area contributed by atoms with Crippen LogP contribution in [-0.2, 0) is 9.53 Å². The second-order valence-corrected chi connectivity index (χ2v) is 8.72. The summed E-state index contributed by atoms with van der Waals surface area (Å²) in [6.45, 7) is 3.82. The van der Waals surface area contributed by atoms with E-state index in [1.165, 1.54) is 30.3 Å². The predicted molar refractivity (Wildman–Crippen MR) is 133 cm³/mol. The zero-order chi connectivity index (χ0) is 27.3. The second-order valence-electron chi connectivity index (χ2n) is 8.72. The number of nitrogens with zero attached hydrogens (tertiary/aromatic N) is 1. The highest BCUT2D eigenvalue weighted by atomic mass is 19.4. The molecule has 0 saturated carbocycles. The minimum absolute atomic E-state index is 0.00519. The van der Waals surface area contributed by atoms with Crippen molar-refractivity contribution in [2.24, 2.45) is 10.9 Å². The first-order chi connectivity index (χ1) is 18.2. The summed E-state index contributed by atoms with van der Waals surface area (Å²) in [5, 5.41) is 0. The van der Waals surface area contributed by atoms with Crippen LogP contribution in [0.3, 0.4) is 0 Å². The third kappa shape index (κ3) is 6.45. The molecule has 1 aliphatic rings. The molecule has 9 heteroatoms. The lowest BCUT2D eigenvalue weighted by molar-refractivity contribution is -0.274. The highest BCUT2D eigenvalue weighted by Gasteiger charge is 2.39. The molecule has 0 aliphatic carbocycles. The monoisotopic (exact) mass is 529 g/mol. The van der Waals surface area contributed by atoms with Gasteiger partial charge in [-0.05, 0) is 53.8 Å². The highest BCUT2D eigenvalue weighted by Crippen LogP contribution is 2.39. The number of ether oxygens (including phenoxy) is 2. The Morgan fingerprint density at radius 1 is 0.974 bits per heavy atom. The van der Waals surface area contributed by atoms with Crippen LogP contribution < -0.4 is 4.74 Å². The summed E-state index contributed by atoms with van der Waals surface area (Å²) < 4.78 is 75.6. The van der Waals surface area contributed by atoms with Crippen LogP contribution in [0.25, 0.3) is 11.1 Å². The quantitative estimate of drug-likeness (QED) is 0.124. The minimum atomic E-state index is -4.78. The van der Waals surface area contributed by atoms with Gasteiger partial charge in [-0.25, -0.2) is 8.78 Å². The van der Waals surface area contributed by atoms with Crippen LogP contribution in [0.5, 0.6) is 5.75 Å². The summed E-state index contributed by atoms with van der Waals surface area (Å²) in [5.41, 5.74) is 1.86. The van der Waals surface area contributed by atoms with Gasteiger partial charge in [0.25, 0.3) is 0 Å². The van der Waals surface area contributed by atoms with Gasteiger partial charge in [0.2, 0.25) is 0 Å². The maximum absolute atomic E-state index is 14.5. The van der Waals surface area contributed by atoms with Gasteiger partial charge in [-0.3, -0.25) is 9.79 Å². The van der Waals surface area contributed by atoms with Crippen LogP contribution in [0.1, 0.15) is 36.4 Å². The smallest absolute Gasteiger partial charge is 0.465 e. The number of hydrogen-bond acceptors (Lipinski definition) is 4. The van der Waals surface area contributed by atoms with Crippen molar-refractivity contribution < 1.29 is 36.2 Å². The van der Waals surface area contributed by atoms with E-state index in [4.69, 9.17) is 4.74 Å². The van der Waals surface area contributed by atoms with Crippen LogP contribution in [0.2, 0.25) is 0 Å². The standard InChI is InChI=1S/C29H24F5NO3/c1-2-3-4-16-37-28(36)22-17-25(26-23(30)6-5-7-24(26)31)35-27(22)20-10-8-18(9-11-20)19-12-14-21(15-13-19)38-29(32,33)34/h2,5-15,22,27H,1,3-4,16-17H2/t22-,27-/m0/s1. The van der Waals surface area contributed by atoms with Crippen LogP contribution in [0.15, 0.2) is 84.4 Å². The molecular weight excluding hydrogens is 505 g/mol. The molecule has 3 aromatic rings. The molecule has 0 bridgehead atoms. The van der Waals surface area contributed by atoms with Crippen molar-refractivity contribution in [2.45, 2.75) is 31.7 Å². The molecule has 0 saturated heterocycles. The Labute approximate surface area is 216 Å². The molecule has 4 nitrogen and oxygen atoms in total. The van der Waals surface area contributed by atoms with Crippen molar-refractivity contribution in [2.75, 3.05) is 6.61 Å². The number of benzene rings is 3. The third-order valence-electron chi connectivity index (χ3n) is 6.11. The number of aliphatic imine (C=N–C) groups is 1. The number of alkyl halides is 3. The lowest BCUT2D eigenvalue weighted by Gasteiger charge is -2.18. The zero-order valence-corrected chi connectivity index (χ0v) is 20.2. The van der Waals surface area contributed by atoms with Gasteiger partial charge in [0.05, 0.1) is 24.1 Å². The molecule has 1 aliphatic heterocycles. The van der Waals surface area contributed by atoms with Crippen molar-refractivity contribution in [3.8, 4) is 16.9 Å². The normalized spacial score (nSPS) is 17.1. The van der Waals surface area contributed by atoms with Gasteiger partial charge in [-0.2, -0.15) is 0 Å². The number of halogens is 5. The molecule has 0 radical (unpaired) electrons. The van der Waals surface area contributed by atoms with Gasteiger partial charge in [-0.1, -0.05) is 48.5 Å². The number of allylic oxidation sites excluding steroid dienone is 1. The van der Waals surface area contributed by atoms with E-state index >= 15 is 0 Å². The van der Waals surface area contributed by atoms with E-state index in [1.807, 2.05) is 0 Å². The molecule has 198 valence electrons. The molecule has 4 rings (SSSR count). The maximum Gasteiger partial charge on any atom is 0.573 e. The molecule has 0 unspecified atom stereocenters. The topological polar surface area (TPSA) is 47.9 Å². The van der Waals surface area contributed by atoms with Gasteiger partial charge >= 0.3 is 12.3 Å². The summed E-state index contributed by atoms with van der Waals surface area (Å²) in [7, 11) is 0. The van der Waals surface area contributed by atoms with Gasteiger partial charge in [0, 0.05) is 12.1 Å². The molecule has 2 atom stereocenters. The van der Waals surface area contributed by atoms with Crippen LogP contribution in [0, 0.1) is 17.6 Å². The number of esters is 1. The predicted octanol–water partition coefficient (Wildman–Crippen LogP) is 7.59. The molecule has 0 N–H and O–H groups in total. The third-order valence-corrected chi connectivity index (χ3v) is 6.11. The zero-order valence-electron chi connectivity index (χ0n) is 20.2. The fourth-order valence-electron chi connectivity index (χ4n) is 4.32. The van der Waals surface area contributed by atoms with Crippen molar-refractivity contribution in [1.82, 2.24) is 0 Å². The average molecular weight is 530 g/mol. The van der Waals surface area contributed by atoms with E-state index < -0.39 is 35.9 Å². The molecule has 3 aromatic carbocycles. The molecule has 0 fully saturated rings. The summed E-state index contributed by atoms with van der Waals surface area (Å²) in [6, 6.07) is 15.1. The first kappa shape index (κ1) is 27.0. The van der Waals surface area contributed by atoms with Gasteiger partial charge < -0.3 is 9.47 Å². The Morgan fingerprint density at radius 2 is 1.58 bits per heavy atom. The van der Waals surface area contributed by atoms with Crippen molar-refractivity contribution in [3.63, 3.8) is 0 Å². The van der Waals surface area contributed by atoms with E-state index in [-0.39, 0.29) is 30.1 Å². The lowest BCUT2D eigenvalue weighted by Crippen LogP contribution is -2.22. The number of unbranched alkanes of at least 4 members (excludes halogenated alkanes) is 1. The van der Waals surface area contributed by atoms with Crippen LogP contribution in [0.4, 0.5) is 22.0 Å².